The third kappa shape index (κ3) is 1.64. The summed E-state index contributed by atoms with van der Waals surface area (Å²) in [6.45, 7) is 0. The van der Waals surface area contributed by atoms with Gasteiger partial charge in [-0.25, -0.2) is 4.98 Å². The molecule has 2 aromatic rings. The Kier molecular flexibility index (Phi) is 2.32. The molecule has 4 aliphatic rings. The van der Waals surface area contributed by atoms with Crippen LogP contribution in [0.1, 0.15) is 38.5 Å². The molecule has 3 nitrogen and oxygen atoms in total. The van der Waals surface area contributed by atoms with E-state index in [1.807, 2.05) is 18.2 Å². The Hall–Kier alpha value is -1.22. The summed E-state index contributed by atoms with van der Waals surface area (Å²) in [6.07, 6.45) is 8.15. The number of rotatable bonds is 1. The van der Waals surface area contributed by atoms with Crippen molar-refractivity contribution in [3.8, 4) is 0 Å². The fourth-order valence-electron chi connectivity index (χ4n) is 5.90. The quantitative estimate of drug-likeness (QED) is 0.858. The predicted molar refractivity (Wildman–Crippen MR) is 85.3 cm³/mol. The van der Waals surface area contributed by atoms with E-state index in [-0.39, 0.29) is 5.54 Å². The van der Waals surface area contributed by atoms with Crippen LogP contribution in [0, 0.1) is 17.8 Å². The minimum atomic E-state index is 0.207. The molecular weight excluding hydrogens is 282 g/mol. The van der Waals surface area contributed by atoms with Crippen LogP contribution in [0.25, 0.3) is 11.0 Å². The van der Waals surface area contributed by atoms with E-state index >= 15 is 0 Å². The fraction of sp³-hybridized carbons (Fsp3) is 0.588. The van der Waals surface area contributed by atoms with Gasteiger partial charge in [0.25, 0.3) is 0 Å². The molecule has 0 atom stereocenters. The standard InChI is InChI=1S/C17H20ClN3/c18-13-1-2-14-15(6-13)21(16(19)20-14)17-7-10-3-11(8-17)5-12(4-10)9-17/h1-2,6,10-12H,3-5,7-9H2,(H2,19,20). The maximum atomic E-state index is 6.33. The summed E-state index contributed by atoms with van der Waals surface area (Å²) in [5, 5.41) is 0.772. The zero-order valence-electron chi connectivity index (χ0n) is 12.1. The van der Waals surface area contributed by atoms with Crippen molar-refractivity contribution in [2.75, 3.05) is 5.73 Å². The van der Waals surface area contributed by atoms with Crippen molar-refractivity contribution in [2.24, 2.45) is 17.8 Å². The zero-order valence-corrected chi connectivity index (χ0v) is 12.8. The van der Waals surface area contributed by atoms with Gasteiger partial charge in [-0.3, -0.25) is 0 Å². The Morgan fingerprint density at radius 2 is 1.71 bits per heavy atom. The van der Waals surface area contributed by atoms with Gasteiger partial charge in [-0.2, -0.15) is 0 Å². The highest BCUT2D eigenvalue weighted by Gasteiger charge is 2.52. The molecule has 1 aromatic carbocycles. The summed E-state index contributed by atoms with van der Waals surface area (Å²) < 4.78 is 2.35. The summed E-state index contributed by atoms with van der Waals surface area (Å²) in [5.41, 5.74) is 8.65. The highest BCUT2D eigenvalue weighted by molar-refractivity contribution is 6.31. The van der Waals surface area contributed by atoms with Gasteiger partial charge in [0.1, 0.15) is 0 Å². The molecule has 4 fully saturated rings. The lowest BCUT2D eigenvalue weighted by molar-refractivity contribution is -0.0398. The van der Waals surface area contributed by atoms with Gasteiger partial charge in [-0.15, -0.1) is 0 Å². The molecule has 2 N–H and O–H groups in total. The van der Waals surface area contributed by atoms with Gasteiger partial charge in [0.2, 0.25) is 5.95 Å². The molecule has 1 heterocycles. The van der Waals surface area contributed by atoms with Gasteiger partial charge < -0.3 is 10.3 Å². The van der Waals surface area contributed by atoms with Crippen LogP contribution in [0.3, 0.4) is 0 Å². The molecule has 6 rings (SSSR count). The van der Waals surface area contributed by atoms with Gasteiger partial charge in [0.15, 0.2) is 0 Å². The first-order chi connectivity index (χ1) is 10.1. The average Bonchev–Trinajstić information content (AvgIpc) is 2.72. The fourth-order valence-corrected chi connectivity index (χ4v) is 6.07. The van der Waals surface area contributed by atoms with Crippen LogP contribution in [0.5, 0.6) is 0 Å². The second-order valence-electron chi connectivity index (χ2n) is 7.58. The Bertz CT molecular complexity index is 698. The van der Waals surface area contributed by atoms with Crippen LogP contribution >= 0.6 is 11.6 Å². The minimum absolute atomic E-state index is 0.207. The molecule has 0 spiro atoms. The number of nitrogens with two attached hydrogens (primary N) is 1. The van der Waals surface area contributed by atoms with E-state index in [2.05, 4.69) is 9.55 Å². The van der Waals surface area contributed by atoms with Crippen LogP contribution in [0.2, 0.25) is 5.02 Å². The topological polar surface area (TPSA) is 43.8 Å². The van der Waals surface area contributed by atoms with Crippen molar-refractivity contribution in [1.29, 1.82) is 0 Å². The number of hydrogen-bond acceptors (Lipinski definition) is 2. The molecule has 0 aliphatic heterocycles. The van der Waals surface area contributed by atoms with Crippen LogP contribution in [0.15, 0.2) is 18.2 Å². The van der Waals surface area contributed by atoms with E-state index in [0.717, 1.165) is 33.8 Å². The lowest BCUT2D eigenvalue weighted by atomic mass is 9.53. The SMILES string of the molecule is Nc1nc2ccc(Cl)cc2n1C12CC3CC(CC(C3)C1)C2. The van der Waals surface area contributed by atoms with Crippen molar-refractivity contribution < 1.29 is 0 Å². The van der Waals surface area contributed by atoms with Crippen molar-refractivity contribution in [2.45, 2.75) is 44.1 Å². The molecule has 4 heteroatoms. The highest BCUT2D eigenvalue weighted by Crippen LogP contribution is 2.59. The Labute approximate surface area is 129 Å². The molecule has 0 saturated heterocycles. The molecular formula is C17H20ClN3. The number of halogens is 1. The molecule has 0 amide bonds. The Morgan fingerprint density at radius 1 is 1.10 bits per heavy atom. The summed E-state index contributed by atoms with van der Waals surface area (Å²) in [5.74, 6) is 3.36. The molecule has 4 bridgehead atoms. The van der Waals surface area contributed by atoms with Crippen molar-refractivity contribution in [3.05, 3.63) is 23.2 Å². The number of aromatic nitrogens is 2. The summed E-state index contributed by atoms with van der Waals surface area (Å²) in [7, 11) is 0. The second kappa shape index (κ2) is 3.95. The third-order valence-electron chi connectivity index (χ3n) is 6.12. The molecule has 0 radical (unpaired) electrons. The number of benzene rings is 1. The van der Waals surface area contributed by atoms with Crippen LogP contribution in [-0.2, 0) is 5.54 Å². The number of hydrogen-bond donors (Lipinski definition) is 1. The van der Waals surface area contributed by atoms with Gasteiger partial charge in [-0.1, -0.05) is 11.6 Å². The molecule has 4 saturated carbocycles. The van der Waals surface area contributed by atoms with E-state index in [0.29, 0.717) is 5.95 Å². The Morgan fingerprint density at radius 3 is 2.33 bits per heavy atom. The number of anilines is 1. The smallest absolute Gasteiger partial charge is 0.201 e. The normalized spacial score (nSPS) is 37.5. The monoisotopic (exact) mass is 301 g/mol. The first-order valence-corrected chi connectivity index (χ1v) is 8.45. The number of nitrogen functional groups attached to an aromatic ring is 1. The molecule has 21 heavy (non-hydrogen) atoms. The third-order valence-corrected chi connectivity index (χ3v) is 6.36. The van der Waals surface area contributed by atoms with E-state index < -0.39 is 0 Å². The van der Waals surface area contributed by atoms with Crippen LogP contribution in [0.4, 0.5) is 5.95 Å². The minimum Gasteiger partial charge on any atom is -0.369 e. The number of imidazole rings is 1. The van der Waals surface area contributed by atoms with E-state index in [4.69, 9.17) is 17.3 Å². The molecule has 0 unspecified atom stereocenters. The first kappa shape index (κ1) is 12.3. The second-order valence-corrected chi connectivity index (χ2v) is 8.02. The first-order valence-electron chi connectivity index (χ1n) is 8.07. The zero-order chi connectivity index (χ0) is 14.2. The summed E-state index contributed by atoms with van der Waals surface area (Å²) in [6, 6.07) is 5.93. The predicted octanol–water partition coefficient (Wildman–Crippen LogP) is 4.20. The maximum absolute atomic E-state index is 6.33. The van der Waals surface area contributed by atoms with Gasteiger partial charge in [0, 0.05) is 10.6 Å². The Balaban J connectivity index is 1.73. The summed E-state index contributed by atoms with van der Waals surface area (Å²) in [4.78, 5) is 4.59. The van der Waals surface area contributed by atoms with E-state index in [1.54, 1.807) is 0 Å². The van der Waals surface area contributed by atoms with Crippen LogP contribution in [-0.4, -0.2) is 9.55 Å². The van der Waals surface area contributed by atoms with Crippen molar-refractivity contribution in [3.63, 3.8) is 0 Å². The largest absolute Gasteiger partial charge is 0.369 e. The van der Waals surface area contributed by atoms with E-state index in [9.17, 15) is 0 Å². The molecule has 1 aromatic heterocycles. The highest BCUT2D eigenvalue weighted by atomic mass is 35.5. The number of nitrogens with zero attached hydrogens (tertiary/aromatic N) is 2. The van der Waals surface area contributed by atoms with Gasteiger partial charge in [0.05, 0.1) is 11.0 Å². The lowest BCUT2D eigenvalue weighted by Crippen LogP contribution is -2.52. The average molecular weight is 302 g/mol. The van der Waals surface area contributed by atoms with Crippen molar-refractivity contribution >= 4 is 28.6 Å². The molecule has 110 valence electrons. The number of fused-ring (bicyclic) bond motifs is 1. The van der Waals surface area contributed by atoms with E-state index in [1.165, 1.54) is 38.5 Å². The van der Waals surface area contributed by atoms with Crippen LogP contribution < -0.4 is 5.73 Å². The van der Waals surface area contributed by atoms with Gasteiger partial charge in [-0.05, 0) is 74.5 Å². The maximum Gasteiger partial charge on any atom is 0.201 e. The van der Waals surface area contributed by atoms with Gasteiger partial charge >= 0.3 is 0 Å². The molecule has 4 aliphatic carbocycles. The lowest BCUT2D eigenvalue weighted by Gasteiger charge is -2.57. The van der Waals surface area contributed by atoms with Crippen molar-refractivity contribution in [1.82, 2.24) is 9.55 Å². The summed E-state index contributed by atoms with van der Waals surface area (Å²) >= 11 is 6.23.